The molecule has 128 valence electrons. The number of carbonyl (C=O) groups excluding carboxylic acids is 1. The topological polar surface area (TPSA) is 46.3 Å². The molecule has 1 aromatic rings. The normalized spacial score (nSPS) is 25.2. The van der Waals surface area contributed by atoms with E-state index in [2.05, 4.69) is 24.3 Å². The van der Waals surface area contributed by atoms with Gasteiger partial charge in [0.15, 0.2) is 0 Å². The summed E-state index contributed by atoms with van der Waals surface area (Å²) in [6, 6.07) is 10.4. The molecule has 0 spiro atoms. The average Bonchev–Trinajstić information content (AvgIpc) is 2.96. The first kappa shape index (κ1) is 18.3. The first-order valence-electron chi connectivity index (χ1n) is 8.82. The predicted molar refractivity (Wildman–Crippen MR) is 96.8 cm³/mol. The van der Waals surface area contributed by atoms with E-state index in [4.69, 9.17) is 5.73 Å². The highest BCUT2D eigenvalue weighted by Crippen LogP contribution is 2.29. The van der Waals surface area contributed by atoms with Crippen molar-refractivity contribution in [2.24, 2.45) is 11.7 Å². The van der Waals surface area contributed by atoms with Crippen molar-refractivity contribution in [3.05, 3.63) is 35.9 Å². The molecule has 23 heavy (non-hydrogen) atoms. The van der Waals surface area contributed by atoms with E-state index < -0.39 is 0 Å². The van der Waals surface area contributed by atoms with Crippen LogP contribution in [-0.4, -0.2) is 29.9 Å². The number of carbonyl (C=O) groups is 1. The van der Waals surface area contributed by atoms with Crippen molar-refractivity contribution in [2.75, 3.05) is 13.1 Å². The van der Waals surface area contributed by atoms with Crippen LogP contribution in [0.3, 0.4) is 0 Å². The monoisotopic (exact) mass is 336 g/mol. The summed E-state index contributed by atoms with van der Waals surface area (Å²) < 4.78 is 0. The summed E-state index contributed by atoms with van der Waals surface area (Å²) in [5, 5.41) is 0. The second-order valence-electron chi connectivity index (χ2n) is 7.02. The van der Waals surface area contributed by atoms with E-state index in [0.29, 0.717) is 24.8 Å². The maximum absolute atomic E-state index is 12.5. The third kappa shape index (κ3) is 4.71. The smallest absolute Gasteiger partial charge is 0.222 e. The fourth-order valence-electron chi connectivity index (χ4n) is 4.05. The third-order valence-corrected chi connectivity index (χ3v) is 5.44. The minimum absolute atomic E-state index is 0. The van der Waals surface area contributed by atoms with Gasteiger partial charge in [-0.2, -0.15) is 0 Å². The number of nitrogens with zero attached hydrogens (tertiary/aromatic N) is 1. The summed E-state index contributed by atoms with van der Waals surface area (Å²) in [4.78, 5) is 14.5. The lowest BCUT2D eigenvalue weighted by atomic mass is 9.86. The van der Waals surface area contributed by atoms with Crippen molar-refractivity contribution in [1.29, 1.82) is 0 Å². The molecule has 0 aromatic heterocycles. The molecule has 3 rings (SSSR count). The van der Waals surface area contributed by atoms with Crippen molar-refractivity contribution in [3.63, 3.8) is 0 Å². The summed E-state index contributed by atoms with van der Waals surface area (Å²) in [5.41, 5.74) is 7.55. The highest BCUT2D eigenvalue weighted by atomic mass is 35.5. The molecule has 3 nitrogen and oxygen atoms in total. The van der Waals surface area contributed by atoms with Gasteiger partial charge in [-0.05, 0) is 17.9 Å². The molecule has 1 aromatic carbocycles. The summed E-state index contributed by atoms with van der Waals surface area (Å²) in [7, 11) is 0. The van der Waals surface area contributed by atoms with E-state index in [9.17, 15) is 4.79 Å². The van der Waals surface area contributed by atoms with Crippen LogP contribution < -0.4 is 5.73 Å². The Balaban J connectivity index is 0.00000192. The number of halogens is 1. The summed E-state index contributed by atoms with van der Waals surface area (Å²) in [6.45, 7) is 1.50. The van der Waals surface area contributed by atoms with Gasteiger partial charge in [0.1, 0.15) is 0 Å². The largest absolute Gasteiger partial charge is 0.340 e. The van der Waals surface area contributed by atoms with Gasteiger partial charge in [-0.3, -0.25) is 4.79 Å². The SMILES string of the molecule is Cl.N[C@@H]1CN(C(=O)CCC2CCCCC2)C[C@H]1c1ccccc1. The molecule has 1 aliphatic heterocycles. The number of hydrogen-bond acceptors (Lipinski definition) is 2. The van der Waals surface area contributed by atoms with Crippen molar-refractivity contribution in [3.8, 4) is 0 Å². The number of rotatable bonds is 4. The molecular weight excluding hydrogens is 308 g/mol. The van der Waals surface area contributed by atoms with Gasteiger partial charge in [-0.1, -0.05) is 62.4 Å². The van der Waals surface area contributed by atoms with Crippen LogP contribution in [0.5, 0.6) is 0 Å². The first-order chi connectivity index (χ1) is 10.7. The maximum Gasteiger partial charge on any atom is 0.222 e. The lowest BCUT2D eigenvalue weighted by Crippen LogP contribution is -2.32. The van der Waals surface area contributed by atoms with Gasteiger partial charge >= 0.3 is 0 Å². The quantitative estimate of drug-likeness (QED) is 0.910. The minimum Gasteiger partial charge on any atom is -0.340 e. The third-order valence-electron chi connectivity index (χ3n) is 5.44. The van der Waals surface area contributed by atoms with Crippen molar-refractivity contribution >= 4 is 18.3 Å². The number of likely N-dealkylation sites (tertiary alicyclic amines) is 1. The van der Waals surface area contributed by atoms with E-state index in [1.807, 2.05) is 11.0 Å². The Kier molecular flexibility index (Phi) is 6.91. The van der Waals surface area contributed by atoms with Gasteiger partial charge in [0.05, 0.1) is 0 Å². The van der Waals surface area contributed by atoms with Crippen LogP contribution in [0.4, 0.5) is 0 Å². The van der Waals surface area contributed by atoms with E-state index >= 15 is 0 Å². The van der Waals surface area contributed by atoms with Crippen molar-refractivity contribution < 1.29 is 4.79 Å². The molecule has 1 aliphatic carbocycles. The molecule has 4 heteroatoms. The molecule has 0 unspecified atom stereocenters. The molecule has 2 aliphatic rings. The number of amides is 1. The molecule has 2 atom stereocenters. The van der Waals surface area contributed by atoms with Crippen molar-refractivity contribution in [2.45, 2.75) is 56.9 Å². The van der Waals surface area contributed by atoms with Crippen LogP contribution in [0.25, 0.3) is 0 Å². The maximum atomic E-state index is 12.5. The zero-order valence-electron chi connectivity index (χ0n) is 13.8. The molecule has 2 fully saturated rings. The summed E-state index contributed by atoms with van der Waals surface area (Å²) >= 11 is 0. The summed E-state index contributed by atoms with van der Waals surface area (Å²) in [5.74, 6) is 1.37. The summed E-state index contributed by atoms with van der Waals surface area (Å²) in [6.07, 6.45) is 8.50. The van der Waals surface area contributed by atoms with Crippen LogP contribution in [0, 0.1) is 5.92 Å². The van der Waals surface area contributed by atoms with Crippen LogP contribution in [0.1, 0.15) is 56.4 Å². The zero-order valence-corrected chi connectivity index (χ0v) is 14.6. The van der Waals surface area contributed by atoms with E-state index in [1.165, 1.54) is 37.7 Å². The van der Waals surface area contributed by atoms with Crippen LogP contribution in [-0.2, 0) is 4.79 Å². The van der Waals surface area contributed by atoms with Gasteiger partial charge < -0.3 is 10.6 Å². The highest BCUT2D eigenvalue weighted by Gasteiger charge is 2.33. The first-order valence-corrected chi connectivity index (χ1v) is 8.82. The van der Waals surface area contributed by atoms with E-state index in [-0.39, 0.29) is 18.4 Å². The second-order valence-corrected chi connectivity index (χ2v) is 7.02. The Morgan fingerprint density at radius 3 is 2.48 bits per heavy atom. The van der Waals surface area contributed by atoms with E-state index in [0.717, 1.165) is 18.9 Å². The highest BCUT2D eigenvalue weighted by molar-refractivity contribution is 5.85. The Hall–Kier alpha value is -1.06. The minimum atomic E-state index is 0. The molecule has 1 heterocycles. The molecule has 1 saturated heterocycles. The van der Waals surface area contributed by atoms with Gasteiger partial charge in [0.2, 0.25) is 5.91 Å². The Labute approximate surface area is 146 Å². The van der Waals surface area contributed by atoms with Crippen LogP contribution >= 0.6 is 12.4 Å². The van der Waals surface area contributed by atoms with Gasteiger partial charge in [0, 0.05) is 31.5 Å². The van der Waals surface area contributed by atoms with Gasteiger partial charge in [0.25, 0.3) is 0 Å². The number of benzene rings is 1. The molecule has 1 amide bonds. The standard InChI is InChI=1S/C19H28N2O.ClH/c20-18-14-21(13-17(18)16-9-5-2-6-10-16)19(22)12-11-15-7-3-1-4-8-15;/h2,5-6,9-10,15,17-18H,1,3-4,7-8,11-14,20H2;1H/t17-,18+;/m0./s1. The second kappa shape index (κ2) is 8.70. The van der Waals surface area contributed by atoms with Crippen LogP contribution in [0.15, 0.2) is 30.3 Å². The Morgan fingerprint density at radius 1 is 1.09 bits per heavy atom. The fourth-order valence-corrected chi connectivity index (χ4v) is 4.05. The lowest BCUT2D eigenvalue weighted by molar-refractivity contribution is -0.130. The van der Waals surface area contributed by atoms with Crippen molar-refractivity contribution in [1.82, 2.24) is 4.90 Å². The van der Waals surface area contributed by atoms with Gasteiger partial charge in [-0.15, -0.1) is 12.4 Å². The molecule has 0 bridgehead atoms. The van der Waals surface area contributed by atoms with Gasteiger partial charge in [-0.25, -0.2) is 0 Å². The predicted octanol–water partition coefficient (Wildman–Crippen LogP) is 3.72. The van der Waals surface area contributed by atoms with E-state index in [1.54, 1.807) is 0 Å². The molecule has 0 radical (unpaired) electrons. The molecule has 2 N–H and O–H groups in total. The zero-order chi connectivity index (χ0) is 15.4. The molecular formula is C19H29ClN2O. The average molecular weight is 337 g/mol. The Bertz CT molecular complexity index is 487. The molecule has 1 saturated carbocycles. The lowest BCUT2D eigenvalue weighted by Gasteiger charge is -2.22. The Morgan fingerprint density at radius 2 is 1.78 bits per heavy atom. The van der Waals surface area contributed by atoms with Crippen LogP contribution in [0.2, 0.25) is 0 Å². The number of nitrogens with two attached hydrogens (primary N) is 1. The number of hydrogen-bond donors (Lipinski definition) is 1. The fraction of sp³-hybridized carbons (Fsp3) is 0.632.